The number of aromatic nitrogens is 1. The van der Waals surface area contributed by atoms with Crippen LogP contribution in [0.2, 0.25) is 0 Å². The summed E-state index contributed by atoms with van der Waals surface area (Å²) in [6.07, 6.45) is 6.12. The molecule has 2 N–H and O–H groups in total. The number of rotatable bonds is 3. The molecule has 0 amide bonds. The summed E-state index contributed by atoms with van der Waals surface area (Å²) in [5, 5.41) is 13.9. The number of nitrogens with zero attached hydrogens (tertiary/aromatic N) is 1. The van der Waals surface area contributed by atoms with Crippen LogP contribution in [-0.2, 0) is 4.79 Å². The first-order valence-electron chi connectivity index (χ1n) is 7.07. The smallest absolute Gasteiger partial charge is 0.329 e. The van der Waals surface area contributed by atoms with Crippen molar-refractivity contribution in [2.75, 3.05) is 5.32 Å². The van der Waals surface area contributed by atoms with Gasteiger partial charge in [0.25, 0.3) is 0 Å². The van der Waals surface area contributed by atoms with E-state index in [1.807, 2.05) is 30.3 Å². The molecule has 104 valence electrons. The second-order valence-electron chi connectivity index (χ2n) is 5.45. The molecule has 1 aliphatic rings. The second kappa shape index (κ2) is 5.12. The molecule has 0 radical (unpaired) electrons. The molecule has 0 bridgehead atoms. The minimum Gasteiger partial charge on any atom is -0.480 e. The lowest BCUT2D eigenvalue weighted by Crippen LogP contribution is -2.47. The third kappa shape index (κ3) is 2.22. The van der Waals surface area contributed by atoms with Gasteiger partial charge in [0, 0.05) is 17.3 Å². The van der Waals surface area contributed by atoms with Gasteiger partial charge in [0.15, 0.2) is 0 Å². The van der Waals surface area contributed by atoms with Crippen molar-refractivity contribution in [3.05, 3.63) is 36.5 Å². The highest BCUT2D eigenvalue weighted by Crippen LogP contribution is 2.34. The van der Waals surface area contributed by atoms with Gasteiger partial charge in [-0.2, -0.15) is 0 Å². The lowest BCUT2D eigenvalue weighted by atomic mass is 9.81. The fraction of sp³-hybridized carbons (Fsp3) is 0.375. The fourth-order valence-corrected chi connectivity index (χ4v) is 3.01. The molecule has 3 rings (SSSR count). The zero-order chi connectivity index (χ0) is 14.0. The number of hydrogen-bond donors (Lipinski definition) is 2. The lowest BCUT2D eigenvalue weighted by Gasteiger charge is -2.35. The SMILES string of the molecule is O=C(O)C1(Nc2ccnc3ccccc23)CCCCC1. The lowest BCUT2D eigenvalue weighted by molar-refractivity contribution is -0.143. The minimum absolute atomic E-state index is 0.680. The van der Waals surface area contributed by atoms with Gasteiger partial charge in [-0.3, -0.25) is 4.98 Å². The Morgan fingerprint density at radius 1 is 1.15 bits per heavy atom. The normalized spacial score (nSPS) is 17.8. The number of anilines is 1. The van der Waals surface area contributed by atoms with E-state index >= 15 is 0 Å². The average Bonchev–Trinajstić information content (AvgIpc) is 2.48. The molecule has 1 heterocycles. The van der Waals surface area contributed by atoms with Crippen LogP contribution in [-0.4, -0.2) is 21.6 Å². The standard InChI is InChI=1S/C16H18N2O2/c19-15(20)16(9-4-1-5-10-16)18-14-8-11-17-13-7-3-2-6-12(13)14/h2-3,6-8,11H,1,4-5,9-10H2,(H,17,18)(H,19,20). The molecular weight excluding hydrogens is 252 g/mol. The maximum absolute atomic E-state index is 11.7. The molecule has 1 fully saturated rings. The van der Waals surface area contributed by atoms with Gasteiger partial charge in [0.2, 0.25) is 0 Å². The molecular formula is C16H18N2O2. The van der Waals surface area contributed by atoms with E-state index < -0.39 is 11.5 Å². The van der Waals surface area contributed by atoms with E-state index in [0.717, 1.165) is 35.9 Å². The van der Waals surface area contributed by atoms with E-state index in [2.05, 4.69) is 10.3 Å². The number of para-hydroxylation sites is 1. The highest BCUT2D eigenvalue weighted by molar-refractivity contribution is 5.94. The first-order chi connectivity index (χ1) is 9.71. The summed E-state index contributed by atoms with van der Waals surface area (Å²) in [4.78, 5) is 16.1. The van der Waals surface area contributed by atoms with E-state index in [9.17, 15) is 9.90 Å². The van der Waals surface area contributed by atoms with Gasteiger partial charge in [0.05, 0.1) is 5.52 Å². The molecule has 0 aliphatic heterocycles. The van der Waals surface area contributed by atoms with Crippen molar-refractivity contribution < 1.29 is 9.90 Å². The van der Waals surface area contributed by atoms with Crippen molar-refractivity contribution >= 4 is 22.6 Å². The van der Waals surface area contributed by atoms with Crippen LogP contribution in [0.25, 0.3) is 10.9 Å². The Kier molecular flexibility index (Phi) is 3.30. The zero-order valence-corrected chi connectivity index (χ0v) is 11.3. The second-order valence-corrected chi connectivity index (χ2v) is 5.45. The maximum atomic E-state index is 11.7. The molecule has 4 heteroatoms. The van der Waals surface area contributed by atoms with Gasteiger partial charge in [0.1, 0.15) is 5.54 Å². The number of aliphatic carboxylic acids is 1. The van der Waals surface area contributed by atoms with Gasteiger partial charge in [-0.25, -0.2) is 4.79 Å². The number of carboxylic acids is 1. The summed E-state index contributed by atoms with van der Waals surface area (Å²) in [7, 11) is 0. The number of pyridine rings is 1. The van der Waals surface area contributed by atoms with Crippen LogP contribution < -0.4 is 5.32 Å². The number of hydrogen-bond acceptors (Lipinski definition) is 3. The topological polar surface area (TPSA) is 62.2 Å². The predicted octanol–water partition coefficient (Wildman–Crippen LogP) is 3.43. The largest absolute Gasteiger partial charge is 0.480 e. The molecule has 1 aromatic heterocycles. The van der Waals surface area contributed by atoms with E-state index in [1.165, 1.54) is 0 Å². The fourth-order valence-electron chi connectivity index (χ4n) is 3.01. The third-order valence-electron chi connectivity index (χ3n) is 4.14. The summed E-state index contributed by atoms with van der Waals surface area (Å²) < 4.78 is 0. The summed E-state index contributed by atoms with van der Waals surface area (Å²) in [6.45, 7) is 0. The molecule has 0 spiro atoms. The highest BCUT2D eigenvalue weighted by Gasteiger charge is 2.39. The third-order valence-corrected chi connectivity index (χ3v) is 4.14. The van der Waals surface area contributed by atoms with E-state index in [0.29, 0.717) is 12.8 Å². The molecule has 2 aromatic rings. The molecule has 1 aliphatic carbocycles. The van der Waals surface area contributed by atoms with E-state index in [1.54, 1.807) is 6.20 Å². The van der Waals surface area contributed by atoms with Crippen LogP contribution in [0.4, 0.5) is 5.69 Å². The van der Waals surface area contributed by atoms with Gasteiger partial charge in [-0.05, 0) is 25.0 Å². The first-order valence-corrected chi connectivity index (χ1v) is 7.07. The Morgan fingerprint density at radius 2 is 1.90 bits per heavy atom. The van der Waals surface area contributed by atoms with Crippen molar-refractivity contribution in [2.45, 2.75) is 37.6 Å². The Balaban J connectivity index is 2.00. The number of benzene rings is 1. The van der Waals surface area contributed by atoms with Crippen molar-refractivity contribution in [3.8, 4) is 0 Å². The van der Waals surface area contributed by atoms with E-state index in [4.69, 9.17) is 0 Å². The van der Waals surface area contributed by atoms with Gasteiger partial charge in [-0.1, -0.05) is 37.5 Å². The van der Waals surface area contributed by atoms with E-state index in [-0.39, 0.29) is 0 Å². The van der Waals surface area contributed by atoms with Crippen molar-refractivity contribution in [3.63, 3.8) is 0 Å². The monoisotopic (exact) mass is 270 g/mol. The summed E-state index contributed by atoms with van der Waals surface area (Å²) >= 11 is 0. The number of carbonyl (C=O) groups is 1. The summed E-state index contributed by atoms with van der Waals surface area (Å²) in [6, 6.07) is 9.66. The van der Waals surface area contributed by atoms with Gasteiger partial charge >= 0.3 is 5.97 Å². The molecule has 0 unspecified atom stereocenters. The van der Waals surface area contributed by atoms with Gasteiger partial charge in [-0.15, -0.1) is 0 Å². The number of fused-ring (bicyclic) bond motifs is 1. The molecule has 4 nitrogen and oxygen atoms in total. The minimum atomic E-state index is -0.831. The number of carboxylic acid groups (broad SMARTS) is 1. The van der Waals surface area contributed by atoms with Crippen LogP contribution in [0.1, 0.15) is 32.1 Å². The molecule has 1 saturated carbocycles. The van der Waals surface area contributed by atoms with Crippen molar-refractivity contribution in [2.24, 2.45) is 0 Å². The Labute approximate surface area is 117 Å². The Hall–Kier alpha value is -2.10. The van der Waals surface area contributed by atoms with Crippen LogP contribution >= 0.6 is 0 Å². The Bertz CT molecular complexity index is 628. The molecule has 0 atom stereocenters. The van der Waals surface area contributed by atoms with Crippen LogP contribution in [0.5, 0.6) is 0 Å². The molecule has 1 aromatic carbocycles. The predicted molar refractivity (Wildman–Crippen MR) is 78.8 cm³/mol. The van der Waals surface area contributed by atoms with Gasteiger partial charge < -0.3 is 10.4 Å². The van der Waals surface area contributed by atoms with Crippen LogP contribution in [0.15, 0.2) is 36.5 Å². The quantitative estimate of drug-likeness (QED) is 0.897. The van der Waals surface area contributed by atoms with Crippen LogP contribution in [0.3, 0.4) is 0 Å². The first kappa shape index (κ1) is 12.9. The zero-order valence-electron chi connectivity index (χ0n) is 11.3. The maximum Gasteiger partial charge on any atom is 0.329 e. The number of nitrogens with one attached hydrogen (secondary N) is 1. The Morgan fingerprint density at radius 3 is 2.65 bits per heavy atom. The van der Waals surface area contributed by atoms with Crippen LogP contribution in [0, 0.1) is 0 Å². The van der Waals surface area contributed by atoms with Crippen molar-refractivity contribution in [1.29, 1.82) is 0 Å². The summed E-state index contributed by atoms with van der Waals surface area (Å²) in [5.74, 6) is -0.752. The molecule has 20 heavy (non-hydrogen) atoms. The average molecular weight is 270 g/mol. The highest BCUT2D eigenvalue weighted by atomic mass is 16.4. The molecule has 0 saturated heterocycles. The van der Waals surface area contributed by atoms with Crippen molar-refractivity contribution in [1.82, 2.24) is 4.98 Å². The summed E-state index contributed by atoms with van der Waals surface area (Å²) in [5.41, 5.74) is 0.913.